The number of hydrogen-bond donors (Lipinski definition) is 1. The fraction of sp³-hybridized carbons (Fsp3) is 0.571. The van der Waals surface area contributed by atoms with Crippen LogP contribution in [0.1, 0.15) is 31.9 Å². The molecule has 0 aliphatic rings. The molecular formula is C14H23NO3S. The van der Waals surface area contributed by atoms with Gasteiger partial charge >= 0.3 is 0 Å². The van der Waals surface area contributed by atoms with Crippen LogP contribution in [0.4, 0.5) is 0 Å². The van der Waals surface area contributed by atoms with Crippen LogP contribution in [0.2, 0.25) is 0 Å². The van der Waals surface area contributed by atoms with Gasteiger partial charge in [0, 0.05) is 11.8 Å². The Morgan fingerprint density at radius 2 is 2.05 bits per heavy atom. The highest BCUT2D eigenvalue weighted by Gasteiger charge is 2.19. The van der Waals surface area contributed by atoms with Crippen LogP contribution in [0.15, 0.2) is 24.3 Å². The fourth-order valence-corrected chi connectivity index (χ4v) is 2.88. The Bertz CT molecular complexity index is 485. The molecule has 108 valence electrons. The molecule has 1 aromatic carbocycles. The van der Waals surface area contributed by atoms with Crippen molar-refractivity contribution in [3.05, 3.63) is 29.8 Å². The van der Waals surface area contributed by atoms with Crippen molar-refractivity contribution >= 4 is 9.84 Å². The summed E-state index contributed by atoms with van der Waals surface area (Å²) in [7, 11) is -1.41. The van der Waals surface area contributed by atoms with E-state index in [0.717, 1.165) is 24.3 Å². The highest BCUT2D eigenvalue weighted by molar-refractivity contribution is 7.91. The van der Waals surface area contributed by atoms with E-state index in [0.29, 0.717) is 0 Å². The fourth-order valence-electron chi connectivity index (χ4n) is 1.82. The van der Waals surface area contributed by atoms with Gasteiger partial charge in [-0.2, -0.15) is 0 Å². The second-order valence-electron chi connectivity index (χ2n) is 4.48. The van der Waals surface area contributed by atoms with Gasteiger partial charge in [0.15, 0.2) is 9.84 Å². The maximum absolute atomic E-state index is 11.8. The molecule has 0 saturated carbocycles. The molecule has 1 atom stereocenters. The maximum Gasteiger partial charge on any atom is 0.151 e. The highest BCUT2D eigenvalue weighted by atomic mass is 32.2. The maximum atomic E-state index is 11.8. The summed E-state index contributed by atoms with van der Waals surface area (Å²) in [5, 5.41) is 3.29. The van der Waals surface area contributed by atoms with Gasteiger partial charge in [-0.25, -0.2) is 8.42 Å². The van der Waals surface area contributed by atoms with Gasteiger partial charge in [0.05, 0.1) is 12.9 Å². The van der Waals surface area contributed by atoms with Crippen molar-refractivity contribution in [3.8, 4) is 5.75 Å². The molecule has 1 N–H and O–H groups in total. The van der Waals surface area contributed by atoms with E-state index < -0.39 is 9.84 Å². The summed E-state index contributed by atoms with van der Waals surface area (Å²) in [6.07, 6.45) is 0.965. The van der Waals surface area contributed by atoms with Crippen LogP contribution in [0.25, 0.3) is 0 Å². The largest absolute Gasteiger partial charge is 0.497 e. The van der Waals surface area contributed by atoms with E-state index in [2.05, 4.69) is 12.2 Å². The first kappa shape index (κ1) is 16.0. The second kappa shape index (κ2) is 7.50. The third-order valence-corrected chi connectivity index (χ3v) is 4.72. The van der Waals surface area contributed by atoms with Crippen molar-refractivity contribution in [2.24, 2.45) is 0 Å². The lowest BCUT2D eigenvalue weighted by atomic mass is 10.1. The number of nitrogens with one attached hydrogen (secondary N) is 1. The van der Waals surface area contributed by atoms with E-state index >= 15 is 0 Å². The lowest BCUT2D eigenvalue weighted by Crippen LogP contribution is -2.29. The lowest BCUT2D eigenvalue weighted by Gasteiger charge is -2.19. The predicted octanol–water partition coefficient (Wildman–Crippen LogP) is 2.17. The first-order valence-corrected chi connectivity index (χ1v) is 8.42. The van der Waals surface area contributed by atoms with E-state index in [1.807, 2.05) is 24.3 Å². The number of ether oxygens (including phenoxy) is 1. The van der Waals surface area contributed by atoms with Crippen molar-refractivity contribution in [2.45, 2.75) is 26.3 Å². The average Bonchev–Trinajstić information content (AvgIpc) is 2.43. The van der Waals surface area contributed by atoms with Gasteiger partial charge in [-0.05, 0) is 30.7 Å². The van der Waals surface area contributed by atoms with E-state index in [-0.39, 0.29) is 17.5 Å². The third kappa shape index (κ3) is 5.20. The van der Waals surface area contributed by atoms with Crippen LogP contribution in [-0.2, 0) is 9.84 Å². The molecule has 0 radical (unpaired) electrons. The molecule has 0 aromatic heterocycles. The highest BCUT2D eigenvalue weighted by Crippen LogP contribution is 2.20. The van der Waals surface area contributed by atoms with Crippen LogP contribution < -0.4 is 10.1 Å². The molecule has 1 unspecified atom stereocenters. The molecule has 0 amide bonds. The monoisotopic (exact) mass is 285 g/mol. The standard InChI is InChI=1S/C14H23NO3S/c1-4-9-15-14(11-19(16,17)5-2)12-7-6-8-13(10-12)18-3/h6-8,10,14-15H,4-5,9,11H2,1-3H3. The zero-order valence-corrected chi connectivity index (χ0v) is 12.7. The van der Waals surface area contributed by atoms with E-state index in [4.69, 9.17) is 4.74 Å². The molecule has 0 aliphatic heterocycles. The van der Waals surface area contributed by atoms with Gasteiger partial charge in [0.25, 0.3) is 0 Å². The minimum Gasteiger partial charge on any atom is -0.497 e. The van der Waals surface area contributed by atoms with Crippen LogP contribution in [0.5, 0.6) is 5.75 Å². The summed E-state index contributed by atoms with van der Waals surface area (Å²) >= 11 is 0. The minimum atomic E-state index is -3.02. The Kier molecular flexibility index (Phi) is 6.31. The van der Waals surface area contributed by atoms with E-state index in [1.165, 1.54) is 0 Å². The number of benzene rings is 1. The SMILES string of the molecule is CCCNC(CS(=O)(=O)CC)c1cccc(OC)c1. The molecule has 19 heavy (non-hydrogen) atoms. The molecule has 0 bridgehead atoms. The van der Waals surface area contributed by atoms with Gasteiger partial charge in [0.1, 0.15) is 5.75 Å². The van der Waals surface area contributed by atoms with Crippen molar-refractivity contribution < 1.29 is 13.2 Å². The van der Waals surface area contributed by atoms with Crippen molar-refractivity contribution in [1.82, 2.24) is 5.32 Å². The molecule has 1 aromatic rings. The second-order valence-corrected chi connectivity index (χ2v) is 6.88. The molecule has 0 saturated heterocycles. The van der Waals surface area contributed by atoms with Crippen LogP contribution in [0, 0.1) is 0 Å². The van der Waals surface area contributed by atoms with Crippen molar-refractivity contribution in [3.63, 3.8) is 0 Å². The Labute approximate surface area is 116 Å². The molecule has 1 rings (SSSR count). The molecule has 0 fully saturated rings. The summed E-state index contributed by atoms with van der Waals surface area (Å²) in [5.74, 6) is 1.03. The Morgan fingerprint density at radius 3 is 2.63 bits per heavy atom. The van der Waals surface area contributed by atoms with Crippen LogP contribution in [-0.4, -0.2) is 33.6 Å². The van der Waals surface area contributed by atoms with Gasteiger partial charge in [-0.1, -0.05) is 26.0 Å². The van der Waals surface area contributed by atoms with E-state index in [1.54, 1.807) is 14.0 Å². The van der Waals surface area contributed by atoms with Gasteiger partial charge in [-0.15, -0.1) is 0 Å². The third-order valence-electron chi connectivity index (χ3n) is 3.00. The topological polar surface area (TPSA) is 55.4 Å². The minimum absolute atomic E-state index is 0.122. The van der Waals surface area contributed by atoms with Crippen molar-refractivity contribution in [2.75, 3.05) is 25.2 Å². The summed E-state index contributed by atoms with van der Waals surface area (Å²) in [5.41, 5.74) is 0.949. The predicted molar refractivity (Wildman–Crippen MR) is 78.4 cm³/mol. The van der Waals surface area contributed by atoms with Gasteiger partial charge in [-0.3, -0.25) is 0 Å². The smallest absolute Gasteiger partial charge is 0.151 e. The summed E-state index contributed by atoms with van der Waals surface area (Å²) in [4.78, 5) is 0. The van der Waals surface area contributed by atoms with Crippen LogP contribution in [0.3, 0.4) is 0 Å². The van der Waals surface area contributed by atoms with Crippen molar-refractivity contribution in [1.29, 1.82) is 0 Å². The zero-order chi connectivity index (χ0) is 14.3. The molecule has 0 aliphatic carbocycles. The first-order chi connectivity index (χ1) is 9.02. The Balaban J connectivity index is 2.94. The van der Waals surface area contributed by atoms with Crippen LogP contribution >= 0.6 is 0 Å². The number of methoxy groups -OCH3 is 1. The number of sulfone groups is 1. The average molecular weight is 285 g/mol. The number of hydrogen-bond acceptors (Lipinski definition) is 4. The Morgan fingerprint density at radius 1 is 1.32 bits per heavy atom. The zero-order valence-electron chi connectivity index (χ0n) is 11.8. The molecule has 5 heteroatoms. The summed E-state index contributed by atoms with van der Waals surface area (Å²) in [6, 6.07) is 7.38. The Hall–Kier alpha value is -1.07. The summed E-state index contributed by atoms with van der Waals surface area (Å²) in [6.45, 7) is 4.53. The molecular weight excluding hydrogens is 262 g/mol. The summed E-state index contributed by atoms with van der Waals surface area (Å²) < 4.78 is 28.8. The van der Waals surface area contributed by atoms with Gasteiger partial charge in [0.2, 0.25) is 0 Å². The van der Waals surface area contributed by atoms with E-state index in [9.17, 15) is 8.42 Å². The normalized spacial score (nSPS) is 13.2. The molecule has 0 heterocycles. The molecule has 0 spiro atoms. The quantitative estimate of drug-likeness (QED) is 0.795. The molecule has 4 nitrogen and oxygen atoms in total. The van der Waals surface area contributed by atoms with Gasteiger partial charge < -0.3 is 10.1 Å². The number of rotatable bonds is 8. The first-order valence-electron chi connectivity index (χ1n) is 6.60. The lowest BCUT2D eigenvalue weighted by molar-refractivity contribution is 0.413.